The van der Waals surface area contributed by atoms with Gasteiger partial charge in [0.25, 0.3) is 0 Å². The van der Waals surface area contributed by atoms with Crippen molar-refractivity contribution in [2.45, 2.75) is 38.1 Å². The molecule has 0 saturated carbocycles. The molecule has 16 heavy (non-hydrogen) atoms. The third-order valence-electron chi connectivity index (χ3n) is 2.34. The first-order chi connectivity index (χ1) is 7.13. The molecular formula is C13H22ClNS. The van der Waals surface area contributed by atoms with Crippen LogP contribution in [-0.4, -0.2) is 5.75 Å². The summed E-state index contributed by atoms with van der Waals surface area (Å²) in [7, 11) is 0. The molecule has 0 aliphatic rings. The predicted octanol–water partition coefficient (Wildman–Crippen LogP) is 4.27. The minimum Gasteiger partial charge on any atom is -0.324 e. The number of hydrogen-bond donors (Lipinski definition) is 1. The van der Waals surface area contributed by atoms with Crippen molar-refractivity contribution >= 4 is 24.2 Å². The lowest BCUT2D eigenvalue weighted by Crippen LogP contribution is -2.12. The van der Waals surface area contributed by atoms with Crippen molar-refractivity contribution in [3.8, 4) is 0 Å². The molecule has 1 atom stereocenters. The zero-order valence-electron chi connectivity index (χ0n) is 10.3. The molecule has 1 nitrogen and oxygen atoms in total. The van der Waals surface area contributed by atoms with E-state index in [4.69, 9.17) is 5.73 Å². The number of halogens is 1. The summed E-state index contributed by atoms with van der Waals surface area (Å²) in [6.07, 6.45) is 1.06. The lowest BCUT2D eigenvalue weighted by Gasteiger charge is -2.14. The van der Waals surface area contributed by atoms with Crippen LogP contribution in [0.4, 0.5) is 0 Å². The Bertz CT molecular complexity index is 284. The summed E-state index contributed by atoms with van der Waals surface area (Å²) in [4.78, 5) is 1.33. The molecule has 92 valence electrons. The van der Waals surface area contributed by atoms with E-state index in [9.17, 15) is 0 Å². The second kappa shape index (κ2) is 7.99. The predicted molar refractivity (Wildman–Crippen MR) is 76.5 cm³/mol. The van der Waals surface area contributed by atoms with Gasteiger partial charge in [0.15, 0.2) is 0 Å². The highest BCUT2D eigenvalue weighted by Gasteiger charge is 2.07. The molecule has 0 spiro atoms. The zero-order valence-corrected chi connectivity index (χ0v) is 11.9. The molecule has 1 rings (SSSR count). The molecule has 0 fully saturated rings. The van der Waals surface area contributed by atoms with E-state index in [1.807, 2.05) is 11.8 Å². The van der Waals surface area contributed by atoms with Crippen LogP contribution in [0.15, 0.2) is 29.2 Å². The topological polar surface area (TPSA) is 26.0 Å². The summed E-state index contributed by atoms with van der Waals surface area (Å²) < 4.78 is 0. The van der Waals surface area contributed by atoms with Crippen LogP contribution in [-0.2, 0) is 0 Å². The summed E-state index contributed by atoms with van der Waals surface area (Å²) in [5.74, 6) is 1.78. The van der Waals surface area contributed by atoms with Crippen LogP contribution < -0.4 is 5.73 Å². The smallest absolute Gasteiger partial charge is 0.0297 e. The third-order valence-corrected chi connectivity index (χ3v) is 3.24. The van der Waals surface area contributed by atoms with Crippen molar-refractivity contribution in [2.24, 2.45) is 11.7 Å². The Morgan fingerprint density at radius 2 is 1.75 bits per heavy atom. The molecule has 1 aromatic carbocycles. The van der Waals surface area contributed by atoms with Crippen molar-refractivity contribution in [3.63, 3.8) is 0 Å². The lowest BCUT2D eigenvalue weighted by atomic mass is 9.98. The van der Waals surface area contributed by atoms with Gasteiger partial charge in [-0.2, -0.15) is 0 Å². The number of hydrogen-bond acceptors (Lipinski definition) is 2. The van der Waals surface area contributed by atoms with Crippen LogP contribution in [0.5, 0.6) is 0 Å². The highest BCUT2D eigenvalue weighted by Crippen LogP contribution is 2.22. The van der Waals surface area contributed by atoms with Gasteiger partial charge < -0.3 is 5.73 Å². The highest BCUT2D eigenvalue weighted by molar-refractivity contribution is 7.99. The molecule has 2 N–H and O–H groups in total. The fourth-order valence-corrected chi connectivity index (χ4v) is 2.28. The van der Waals surface area contributed by atoms with Crippen LogP contribution in [0.25, 0.3) is 0 Å². The van der Waals surface area contributed by atoms with Crippen LogP contribution >= 0.6 is 24.2 Å². The zero-order chi connectivity index (χ0) is 11.3. The quantitative estimate of drug-likeness (QED) is 0.800. The van der Waals surface area contributed by atoms with Crippen molar-refractivity contribution < 1.29 is 0 Å². The van der Waals surface area contributed by atoms with Crippen LogP contribution in [0.3, 0.4) is 0 Å². The Kier molecular flexibility index (Phi) is 7.90. The maximum Gasteiger partial charge on any atom is 0.0297 e. The average Bonchev–Trinajstić information content (AvgIpc) is 2.18. The van der Waals surface area contributed by atoms with E-state index < -0.39 is 0 Å². The van der Waals surface area contributed by atoms with Crippen LogP contribution in [0.2, 0.25) is 0 Å². The summed E-state index contributed by atoms with van der Waals surface area (Å²) in [6.45, 7) is 6.59. The van der Waals surface area contributed by atoms with Gasteiger partial charge >= 0.3 is 0 Å². The maximum atomic E-state index is 6.11. The van der Waals surface area contributed by atoms with E-state index in [2.05, 4.69) is 45.0 Å². The van der Waals surface area contributed by atoms with E-state index in [0.717, 1.165) is 12.2 Å². The molecule has 0 bridgehead atoms. The second-order valence-electron chi connectivity index (χ2n) is 4.24. The van der Waals surface area contributed by atoms with Gasteiger partial charge in [0.1, 0.15) is 0 Å². The molecule has 0 saturated heterocycles. The summed E-state index contributed by atoms with van der Waals surface area (Å²) in [5, 5.41) is 0. The first-order valence-electron chi connectivity index (χ1n) is 5.61. The fourth-order valence-electron chi connectivity index (χ4n) is 1.62. The molecule has 0 heterocycles. The molecule has 1 aromatic rings. The van der Waals surface area contributed by atoms with Gasteiger partial charge in [0.2, 0.25) is 0 Å². The minimum absolute atomic E-state index is 0. The Morgan fingerprint density at radius 3 is 2.19 bits per heavy atom. The van der Waals surface area contributed by atoms with Gasteiger partial charge in [-0.25, -0.2) is 0 Å². The Morgan fingerprint density at radius 1 is 1.19 bits per heavy atom. The number of rotatable bonds is 5. The SMILES string of the molecule is CCSc1ccc([C@@H](N)CC(C)C)cc1.Cl. The second-order valence-corrected chi connectivity index (χ2v) is 5.58. The van der Waals surface area contributed by atoms with Gasteiger partial charge in [-0.15, -0.1) is 24.2 Å². The fraction of sp³-hybridized carbons (Fsp3) is 0.538. The molecule has 3 heteroatoms. The molecule has 0 aliphatic carbocycles. The van der Waals surface area contributed by atoms with Crippen molar-refractivity contribution in [2.75, 3.05) is 5.75 Å². The Hall–Kier alpha value is -0.180. The van der Waals surface area contributed by atoms with Crippen molar-refractivity contribution in [3.05, 3.63) is 29.8 Å². The Labute approximate surface area is 110 Å². The highest BCUT2D eigenvalue weighted by atomic mass is 35.5. The van der Waals surface area contributed by atoms with E-state index >= 15 is 0 Å². The molecule has 0 amide bonds. The van der Waals surface area contributed by atoms with Crippen LogP contribution in [0.1, 0.15) is 38.8 Å². The number of benzene rings is 1. The monoisotopic (exact) mass is 259 g/mol. The normalized spacial score (nSPS) is 12.3. The first kappa shape index (κ1) is 15.8. The van der Waals surface area contributed by atoms with Gasteiger partial charge in [-0.05, 0) is 35.8 Å². The molecular weight excluding hydrogens is 238 g/mol. The standard InChI is InChI=1S/C13H21NS.ClH/c1-4-15-12-7-5-11(6-8-12)13(14)9-10(2)3;/h5-8,10,13H,4,9,14H2,1-3H3;1H/t13-;/m0./s1. The van der Waals surface area contributed by atoms with E-state index in [0.29, 0.717) is 5.92 Å². The minimum atomic E-state index is 0. The average molecular weight is 260 g/mol. The number of thioether (sulfide) groups is 1. The number of nitrogens with two attached hydrogens (primary N) is 1. The lowest BCUT2D eigenvalue weighted by molar-refractivity contribution is 0.510. The Balaban J connectivity index is 0.00000225. The van der Waals surface area contributed by atoms with E-state index in [1.165, 1.54) is 10.5 Å². The van der Waals surface area contributed by atoms with E-state index in [-0.39, 0.29) is 18.4 Å². The summed E-state index contributed by atoms with van der Waals surface area (Å²) in [5.41, 5.74) is 7.37. The van der Waals surface area contributed by atoms with Gasteiger partial charge in [0.05, 0.1) is 0 Å². The molecule has 0 radical (unpaired) electrons. The first-order valence-corrected chi connectivity index (χ1v) is 6.60. The van der Waals surface area contributed by atoms with Crippen molar-refractivity contribution in [1.82, 2.24) is 0 Å². The molecule has 0 aromatic heterocycles. The van der Waals surface area contributed by atoms with Crippen LogP contribution in [0, 0.1) is 5.92 Å². The van der Waals surface area contributed by atoms with E-state index in [1.54, 1.807) is 0 Å². The van der Waals surface area contributed by atoms with Gasteiger partial charge in [-0.1, -0.05) is 32.9 Å². The molecule has 0 aliphatic heterocycles. The van der Waals surface area contributed by atoms with Gasteiger partial charge in [-0.3, -0.25) is 0 Å². The summed E-state index contributed by atoms with van der Waals surface area (Å²) in [6, 6.07) is 8.84. The molecule has 0 unspecified atom stereocenters. The third kappa shape index (κ3) is 5.24. The van der Waals surface area contributed by atoms with Gasteiger partial charge in [0, 0.05) is 10.9 Å². The van der Waals surface area contributed by atoms with Crippen molar-refractivity contribution in [1.29, 1.82) is 0 Å². The maximum absolute atomic E-state index is 6.11. The largest absolute Gasteiger partial charge is 0.324 e. The summed E-state index contributed by atoms with van der Waals surface area (Å²) >= 11 is 1.87.